The first-order valence-electron chi connectivity index (χ1n) is 3.22. The molecule has 0 fully saturated rings. The van der Waals surface area contributed by atoms with Gasteiger partial charge in [-0.15, -0.1) is 0 Å². The van der Waals surface area contributed by atoms with Gasteiger partial charge in [0.05, 0.1) is 5.56 Å². The molecule has 0 aliphatic carbocycles. The molecule has 4 nitrogen and oxygen atoms in total. The van der Waals surface area contributed by atoms with Crippen LogP contribution in [0.3, 0.4) is 0 Å². The second kappa shape index (κ2) is 4.79. The Hall–Kier alpha value is -0.150. The third kappa shape index (κ3) is 4.07. The molecular weight excluding hydrogens is 246 g/mol. The van der Waals surface area contributed by atoms with Crippen LogP contribution in [0.2, 0.25) is 0 Å². The molecule has 0 aliphatic rings. The van der Waals surface area contributed by atoms with E-state index in [9.17, 15) is 21.6 Å². The van der Waals surface area contributed by atoms with Crippen molar-refractivity contribution in [2.45, 2.75) is 11.2 Å². The van der Waals surface area contributed by atoms with E-state index in [4.69, 9.17) is 4.55 Å². The molecule has 0 spiro atoms. The Bertz CT molecular complexity index is 428. The molecule has 1 aromatic heterocycles. The fourth-order valence-corrected chi connectivity index (χ4v) is 1.13. The molecule has 9 heteroatoms. The molecule has 0 aliphatic heterocycles. The van der Waals surface area contributed by atoms with Crippen LogP contribution < -0.4 is 0 Å². The first-order valence-corrected chi connectivity index (χ1v) is 4.66. The van der Waals surface area contributed by atoms with Gasteiger partial charge in [-0.1, -0.05) is 0 Å². The Morgan fingerprint density at radius 2 is 1.80 bits per heavy atom. The first-order chi connectivity index (χ1) is 6.21. The molecule has 0 saturated carbocycles. The summed E-state index contributed by atoms with van der Waals surface area (Å²) < 4.78 is 65.1. The standard InChI is InChI=1S/C6H4F3NO3S.Na.H/c7-6(8,9)4-1-2-5(10-3-4)14(11,12)13;;/h1-3H,(H,11,12,13);;. The van der Waals surface area contributed by atoms with E-state index in [0.29, 0.717) is 18.3 Å². The Labute approximate surface area is 106 Å². The van der Waals surface area contributed by atoms with Gasteiger partial charge in [-0.3, -0.25) is 4.55 Å². The summed E-state index contributed by atoms with van der Waals surface area (Å²) in [5, 5.41) is -0.814. The van der Waals surface area contributed by atoms with Crippen molar-refractivity contribution in [3.05, 3.63) is 23.9 Å². The van der Waals surface area contributed by atoms with Crippen LogP contribution in [0.25, 0.3) is 0 Å². The maximum atomic E-state index is 12.0. The van der Waals surface area contributed by atoms with Crippen molar-refractivity contribution in [1.82, 2.24) is 4.98 Å². The van der Waals surface area contributed by atoms with Crippen LogP contribution in [-0.2, 0) is 16.3 Å². The van der Waals surface area contributed by atoms with Crippen LogP contribution in [0.5, 0.6) is 0 Å². The molecule has 1 heterocycles. The SMILES string of the molecule is O=S(=O)(O)c1ccc(C(F)(F)F)cn1.[NaH]. The number of aromatic nitrogens is 1. The molecule has 0 saturated heterocycles. The Kier molecular flexibility index (Phi) is 4.74. The second-order valence-corrected chi connectivity index (χ2v) is 3.73. The van der Waals surface area contributed by atoms with Gasteiger partial charge in [-0.05, 0) is 12.1 Å². The van der Waals surface area contributed by atoms with Gasteiger partial charge in [-0.25, -0.2) is 4.98 Å². The molecule has 1 N–H and O–H groups in total. The van der Waals surface area contributed by atoms with Crippen LogP contribution in [0.1, 0.15) is 5.56 Å². The van der Waals surface area contributed by atoms with Gasteiger partial charge in [-0.2, -0.15) is 21.6 Å². The van der Waals surface area contributed by atoms with Gasteiger partial charge >= 0.3 is 45.9 Å². The van der Waals surface area contributed by atoms with E-state index in [1.807, 2.05) is 0 Å². The molecule has 15 heavy (non-hydrogen) atoms. The Morgan fingerprint density at radius 1 is 1.27 bits per heavy atom. The number of alkyl halides is 3. The number of hydrogen-bond acceptors (Lipinski definition) is 3. The van der Waals surface area contributed by atoms with Crippen molar-refractivity contribution < 1.29 is 26.1 Å². The van der Waals surface area contributed by atoms with Crippen molar-refractivity contribution in [3.63, 3.8) is 0 Å². The monoisotopic (exact) mass is 251 g/mol. The van der Waals surface area contributed by atoms with Gasteiger partial charge in [0.1, 0.15) is 0 Å². The molecule has 0 bridgehead atoms. The summed E-state index contributed by atoms with van der Waals surface area (Å²) in [7, 11) is -4.54. The second-order valence-electron chi connectivity index (χ2n) is 2.36. The normalized spacial score (nSPS) is 12.0. The molecule has 80 valence electrons. The number of hydrogen-bond donors (Lipinski definition) is 1. The van der Waals surface area contributed by atoms with Gasteiger partial charge < -0.3 is 0 Å². The average molecular weight is 251 g/mol. The van der Waals surface area contributed by atoms with E-state index in [1.165, 1.54) is 0 Å². The summed E-state index contributed by atoms with van der Waals surface area (Å²) in [6.07, 6.45) is -4.24. The summed E-state index contributed by atoms with van der Waals surface area (Å²) in [5.41, 5.74) is -1.08. The van der Waals surface area contributed by atoms with Crippen LogP contribution >= 0.6 is 0 Å². The third-order valence-corrected chi connectivity index (χ3v) is 2.10. The van der Waals surface area contributed by atoms with Gasteiger partial charge in [0.2, 0.25) is 0 Å². The van der Waals surface area contributed by atoms with E-state index < -0.39 is 26.9 Å². The molecule has 0 aromatic carbocycles. The summed E-state index contributed by atoms with van der Waals surface area (Å²) in [5.74, 6) is 0. The van der Waals surface area contributed by atoms with Crippen LogP contribution in [0, 0.1) is 0 Å². The predicted octanol–water partition coefficient (Wildman–Crippen LogP) is 0.699. The summed E-state index contributed by atoms with van der Waals surface area (Å²) in [6.45, 7) is 0. The van der Waals surface area contributed by atoms with E-state index in [2.05, 4.69) is 4.98 Å². The van der Waals surface area contributed by atoms with E-state index in [-0.39, 0.29) is 29.6 Å². The maximum absolute atomic E-state index is 12.0. The number of halogens is 3. The van der Waals surface area contributed by atoms with Crippen molar-refractivity contribution >= 4 is 39.7 Å². The molecule has 0 radical (unpaired) electrons. The number of rotatable bonds is 1. The third-order valence-electron chi connectivity index (χ3n) is 1.33. The fraction of sp³-hybridized carbons (Fsp3) is 0.167. The first kappa shape index (κ1) is 14.8. The summed E-state index contributed by atoms with van der Waals surface area (Å²) in [6, 6.07) is 1.11. The molecule has 0 unspecified atom stereocenters. The molecular formula is C6H5F3NNaO3S. The predicted molar refractivity (Wildman–Crippen MR) is 46.2 cm³/mol. The van der Waals surface area contributed by atoms with Crippen LogP contribution in [-0.4, -0.2) is 47.5 Å². The minimum atomic E-state index is -4.58. The Morgan fingerprint density at radius 3 is 2.07 bits per heavy atom. The molecule has 1 aromatic rings. The molecule has 0 amide bonds. The zero-order valence-corrected chi connectivity index (χ0v) is 7.30. The van der Waals surface area contributed by atoms with Crippen molar-refractivity contribution in [2.75, 3.05) is 0 Å². The fourth-order valence-electron chi connectivity index (χ4n) is 0.701. The van der Waals surface area contributed by atoms with Crippen molar-refractivity contribution in [2.24, 2.45) is 0 Å². The van der Waals surface area contributed by atoms with E-state index in [0.717, 1.165) is 0 Å². The number of pyridine rings is 1. The van der Waals surface area contributed by atoms with E-state index in [1.54, 1.807) is 0 Å². The van der Waals surface area contributed by atoms with Crippen LogP contribution in [0.4, 0.5) is 13.2 Å². The quantitative estimate of drug-likeness (QED) is 0.589. The van der Waals surface area contributed by atoms with Crippen molar-refractivity contribution in [3.8, 4) is 0 Å². The van der Waals surface area contributed by atoms with Crippen LogP contribution in [0.15, 0.2) is 23.4 Å². The van der Waals surface area contributed by atoms with Gasteiger partial charge in [0, 0.05) is 6.20 Å². The molecule has 0 atom stereocenters. The summed E-state index contributed by atoms with van der Waals surface area (Å²) >= 11 is 0. The zero-order valence-electron chi connectivity index (χ0n) is 6.49. The Balaban J connectivity index is 0.00000196. The summed E-state index contributed by atoms with van der Waals surface area (Å²) in [4.78, 5) is 2.96. The zero-order chi connectivity index (χ0) is 11.0. The van der Waals surface area contributed by atoms with Gasteiger partial charge in [0.15, 0.2) is 5.03 Å². The van der Waals surface area contributed by atoms with Gasteiger partial charge in [0.25, 0.3) is 0 Å². The topological polar surface area (TPSA) is 67.3 Å². The van der Waals surface area contributed by atoms with E-state index >= 15 is 0 Å². The molecule has 1 rings (SSSR count). The number of nitrogens with zero attached hydrogens (tertiary/aromatic N) is 1. The average Bonchev–Trinajstić information content (AvgIpc) is 2.01. The minimum absolute atomic E-state index is 0. The van der Waals surface area contributed by atoms with Crippen molar-refractivity contribution in [1.29, 1.82) is 0 Å².